The number of hydrogen-bond acceptors (Lipinski definition) is 3. The first-order valence-corrected chi connectivity index (χ1v) is 26.5. The normalized spacial score (nSPS) is 19.2. The van der Waals surface area contributed by atoms with Crippen LogP contribution in [0.3, 0.4) is 0 Å². The summed E-state index contributed by atoms with van der Waals surface area (Å²) in [7, 11) is 4.39. The Morgan fingerprint density at radius 1 is 0.480 bits per heavy atom. The van der Waals surface area contributed by atoms with E-state index in [1.54, 1.807) is 0 Å². The molecule has 0 bridgehead atoms. The molecule has 0 fully saturated rings. The predicted molar refractivity (Wildman–Crippen MR) is 310 cm³/mol. The quantitative estimate of drug-likeness (QED) is 0.166. The lowest BCUT2D eigenvalue weighted by Crippen LogP contribution is -2.47. The third kappa shape index (κ3) is 6.36. The highest BCUT2D eigenvalue weighted by Gasteiger charge is 2.51. The van der Waals surface area contributed by atoms with Crippen molar-refractivity contribution in [3.05, 3.63) is 287 Å². The molecule has 15 rings (SSSR count). The van der Waals surface area contributed by atoms with Crippen molar-refractivity contribution in [3.8, 4) is 50.2 Å². The first kappa shape index (κ1) is 43.7. The lowest BCUT2D eigenvalue weighted by molar-refractivity contribution is 0.0744. The maximum absolute atomic E-state index is 5.63. The van der Waals surface area contributed by atoms with Crippen molar-refractivity contribution < 1.29 is 0 Å². The minimum Gasteiger partial charge on any atom is -0.339 e. The van der Waals surface area contributed by atoms with E-state index < -0.39 is 5.41 Å². The molecular weight excluding hydrogens is 909 g/mol. The summed E-state index contributed by atoms with van der Waals surface area (Å²) in [5.41, 5.74) is 23.5. The number of nitrogens with zero attached hydrogens (tertiary/aromatic N) is 4. The zero-order valence-electron chi connectivity index (χ0n) is 42.3. The van der Waals surface area contributed by atoms with E-state index in [0.717, 1.165) is 23.4 Å². The third-order valence-corrected chi connectivity index (χ3v) is 17.1. The Balaban J connectivity index is 0.893. The van der Waals surface area contributed by atoms with Crippen molar-refractivity contribution >= 4 is 33.6 Å². The summed E-state index contributed by atoms with van der Waals surface area (Å²) in [5, 5.41) is 3.83. The number of amidine groups is 1. The number of allylic oxidation sites excluding steroid dienone is 1. The van der Waals surface area contributed by atoms with Gasteiger partial charge in [-0.1, -0.05) is 225 Å². The molecule has 11 aromatic rings. The highest BCUT2D eigenvalue weighted by molar-refractivity contribution is 6.06. The van der Waals surface area contributed by atoms with Crippen LogP contribution in [-0.4, -0.2) is 34.3 Å². The molecule has 4 heteroatoms. The molecular formula is C71H54N4. The molecule has 358 valence electrons. The molecule has 1 aromatic heterocycles. The van der Waals surface area contributed by atoms with Crippen LogP contribution in [0.2, 0.25) is 0 Å². The monoisotopic (exact) mass is 962 g/mol. The molecule has 0 amide bonds. The number of hydrogen-bond donors (Lipinski definition) is 0. The minimum absolute atomic E-state index is 0.0409. The molecule has 1 spiro atoms. The van der Waals surface area contributed by atoms with E-state index in [9.17, 15) is 0 Å². The van der Waals surface area contributed by atoms with E-state index in [4.69, 9.17) is 4.99 Å². The Bertz CT molecular complexity index is 4160. The molecule has 4 aliphatic rings. The van der Waals surface area contributed by atoms with Gasteiger partial charge in [0.1, 0.15) is 18.2 Å². The summed E-state index contributed by atoms with van der Waals surface area (Å²) < 4.78 is 2.59. The van der Waals surface area contributed by atoms with Gasteiger partial charge < -0.3 is 9.47 Å². The second-order valence-corrected chi connectivity index (χ2v) is 21.1. The molecule has 0 N–H and O–H groups in total. The molecule has 4 unspecified atom stereocenters. The van der Waals surface area contributed by atoms with Gasteiger partial charge in [0.25, 0.3) is 0 Å². The van der Waals surface area contributed by atoms with Crippen LogP contribution in [-0.2, 0) is 5.41 Å². The van der Waals surface area contributed by atoms with Crippen molar-refractivity contribution in [1.82, 2.24) is 14.4 Å². The number of fused-ring (bicyclic) bond motifs is 13. The van der Waals surface area contributed by atoms with E-state index in [1.807, 2.05) is 0 Å². The Labute approximate surface area is 438 Å². The largest absolute Gasteiger partial charge is 0.339 e. The fourth-order valence-electron chi connectivity index (χ4n) is 13.9. The Morgan fingerprint density at radius 3 is 1.99 bits per heavy atom. The molecule has 10 aromatic carbocycles. The SMILES string of the molecule is CC1CC=Cc2c1c1cccc3c1n2-c1ccccc1C31c2ccccc2-c2ccc(-c3ccc4ccccc4c3-c3ccc(C4N=C(c5cccc(-c6ccccc6)c5)N(C)C(c5ccccc5)N4C)cc3)cc21. The summed E-state index contributed by atoms with van der Waals surface area (Å²) in [6, 6.07) is 86.1. The molecule has 3 heterocycles. The molecule has 75 heavy (non-hydrogen) atoms. The summed E-state index contributed by atoms with van der Waals surface area (Å²) in [5.74, 6) is 1.41. The summed E-state index contributed by atoms with van der Waals surface area (Å²) in [6.07, 6.45) is 5.53. The van der Waals surface area contributed by atoms with Crippen molar-refractivity contribution in [2.45, 2.75) is 37.0 Å². The second kappa shape index (κ2) is 16.9. The van der Waals surface area contributed by atoms with E-state index in [0.29, 0.717) is 5.92 Å². The predicted octanol–water partition coefficient (Wildman–Crippen LogP) is 17.0. The number of rotatable bonds is 6. The first-order chi connectivity index (χ1) is 37.0. The average Bonchev–Trinajstić information content (AvgIpc) is 4.12. The van der Waals surface area contributed by atoms with Gasteiger partial charge >= 0.3 is 0 Å². The van der Waals surface area contributed by atoms with Crippen molar-refractivity contribution in [3.63, 3.8) is 0 Å². The van der Waals surface area contributed by atoms with E-state index in [1.165, 1.54) is 111 Å². The third-order valence-electron chi connectivity index (χ3n) is 17.1. The summed E-state index contributed by atoms with van der Waals surface area (Å²) >= 11 is 0. The standard InChI is InChI=1S/C71H54N4/c1-45-19-16-34-64-65(45)58-29-18-32-61-67(58)75(64)63-33-15-14-31-60(63)71(61)59-30-13-12-28-56(59)57-42-40-52(44-62(57)71)55-41-39-47-22-10-11-27-54(47)66(55)48-35-37-49(38-36-48)68-72-69(74(3)70(73(68)2)50-23-8-5-9-24-50)53-26-17-25-51(43-53)46-20-6-4-7-21-46/h4-18,20-45,68,70H,19H2,1-3H3. The van der Waals surface area contributed by atoms with Crippen LogP contribution in [0.25, 0.3) is 77.9 Å². The van der Waals surface area contributed by atoms with Gasteiger partial charge in [0.15, 0.2) is 0 Å². The highest BCUT2D eigenvalue weighted by Crippen LogP contribution is 2.62. The number of aromatic nitrogens is 1. The maximum Gasteiger partial charge on any atom is 0.134 e. The fraction of sp³-hybridized carbons (Fsp3) is 0.113. The summed E-state index contributed by atoms with van der Waals surface area (Å²) in [4.78, 5) is 10.4. The molecule has 0 radical (unpaired) electrons. The fourth-order valence-corrected chi connectivity index (χ4v) is 13.9. The Hall–Kier alpha value is -8.83. The lowest BCUT2D eigenvalue weighted by atomic mass is 9.65. The van der Waals surface area contributed by atoms with Crippen LogP contribution in [0.1, 0.15) is 81.8 Å². The number of benzene rings is 10. The van der Waals surface area contributed by atoms with Crippen LogP contribution < -0.4 is 0 Å². The topological polar surface area (TPSA) is 23.8 Å². The lowest BCUT2D eigenvalue weighted by Gasteiger charge is -2.45. The van der Waals surface area contributed by atoms with Crippen molar-refractivity contribution in [1.29, 1.82) is 0 Å². The van der Waals surface area contributed by atoms with Crippen molar-refractivity contribution in [2.75, 3.05) is 14.1 Å². The Morgan fingerprint density at radius 2 is 1.13 bits per heavy atom. The van der Waals surface area contributed by atoms with Gasteiger partial charge in [-0.3, -0.25) is 4.90 Å². The minimum atomic E-state index is -0.527. The Kier molecular flexibility index (Phi) is 9.83. The van der Waals surface area contributed by atoms with Gasteiger partial charge in [-0.05, 0) is 138 Å². The first-order valence-electron chi connectivity index (χ1n) is 26.5. The van der Waals surface area contributed by atoms with Gasteiger partial charge in [0.05, 0.1) is 22.3 Å². The summed E-state index contributed by atoms with van der Waals surface area (Å²) in [6.45, 7) is 2.39. The average molecular weight is 963 g/mol. The molecule has 0 saturated heterocycles. The highest BCUT2D eigenvalue weighted by atomic mass is 15.4. The smallest absolute Gasteiger partial charge is 0.134 e. The second-order valence-electron chi connectivity index (χ2n) is 21.1. The number of aliphatic imine (C=N–C) groups is 1. The van der Waals surface area contributed by atoms with Crippen molar-refractivity contribution in [2.24, 2.45) is 4.99 Å². The van der Waals surface area contributed by atoms with E-state index >= 15 is 0 Å². The van der Waals surface area contributed by atoms with Gasteiger partial charge in [0.2, 0.25) is 0 Å². The molecule has 2 aliphatic heterocycles. The van der Waals surface area contributed by atoms with Crippen LogP contribution in [0, 0.1) is 0 Å². The zero-order chi connectivity index (χ0) is 49.9. The van der Waals surface area contributed by atoms with E-state index in [-0.39, 0.29) is 12.3 Å². The maximum atomic E-state index is 5.63. The molecule has 4 nitrogen and oxygen atoms in total. The van der Waals surface area contributed by atoms with Gasteiger partial charge in [0, 0.05) is 18.0 Å². The molecule has 4 atom stereocenters. The van der Waals surface area contributed by atoms with Gasteiger partial charge in [-0.25, -0.2) is 4.99 Å². The number of para-hydroxylation sites is 2. The van der Waals surface area contributed by atoms with Gasteiger partial charge in [-0.2, -0.15) is 0 Å². The zero-order valence-corrected chi connectivity index (χ0v) is 42.3. The van der Waals surface area contributed by atoms with Gasteiger partial charge in [-0.15, -0.1) is 0 Å². The molecule has 2 aliphatic carbocycles. The van der Waals surface area contributed by atoms with Crippen LogP contribution >= 0.6 is 0 Å². The molecule has 0 saturated carbocycles. The van der Waals surface area contributed by atoms with Crippen LogP contribution in [0.15, 0.2) is 242 Å². The van der Waals surface area contributed by atoms with Crippen LogP contribution in [0.5, 0.6) is 0 Å². The van der Waals surface area contributed by atoms with Crippen LogP contribution in [0.4, 0.5) is 0 Å². The van der Waals surface area contributed by atoms with E-state index in [2.05, 4.69) is 278 Å².